The quantitative estimate of drug-likeness (QED) is 0.877. The van der Waals surface area contributed by atoms with Gasteiger partial charge in [0.25, 0.3) is 0 Å². The van der Waals surface area contributed by atoms with Crippen molar-refractivity contribution in [1.29, 1.82) is 0 Å². The van der Waals surface area contributed by atoms with Crippen LogP contribution in [0.5, 0.6) is 0 Å². The fourth-order valence-corrected chi connectivity index (χ4v) is 5.54. The maximum absolute atomic E-state index is 10.5. The second kappa shape index (κ2) is 6.86. The van der Waals surface area contributed by atoms with Gasteiger partial charge in [-0.1, -0.05) is 30.2 Å². The molecular formula is C20H29ClN2O. The minimum Gasteiger partial charge on any atom is -0.393 e. The molecule has 3 nitrogen and oxygen atoms in total. The van der Waals surface area contributed by atoms with E-state index >= 15 is 0 Å². The van der Waals surface area contributed by atoms with Crippen molar-refractivity contribution in [3.05, 3.63) is 29.3 Å². The molecule has 0 unspecified atom stereocenters. The Balaban J connectivity index is 1.38. The number of para-hydroxylation sites is 1. The highest BCUT2D eigenvalue weighted by molar-refractivity contribution is 6.33. The van der Waals surface area contributed by atoms with E-state index in [1.165, 1.54) is 50.8 Å². The van der Waals surface area contributed by atoms with Crippen LogP contribution in [0.15, 0.2) is 24.3 Å². The fraction of sp³-hybridized carbons (Fsp3) is 0.700. The largest absolute Gasteiger partial charge is 0.393 e. The van der Waals surface area contributed by atoms with Crippen LogP contribution in [0.3, 0.4) is 0 Å². The number of anilines is 1. The molecule has 2 heterocycles. The number of rotatable bonds is 2. The van der Waals surface area contributed by atoms with E-state index in [1.807, 2.05) is 12.1 Å². The van der Waals surface area contributed by atoms with E-state index in [0.717, 1.165) is 31.1 Å². The third-order valence-corrected chi connectivity index (χ3v) is 6.99. The molecule has 1 saturated carbocycles. The zero-order valence-corrected chi connectivity index (χ0v) is 15.2. The lowest BCUT2D eigenvalue weighted by Gasteiger charge is -2.48. The number of aliphatic hydroxyl groups excluding tert-OH is 1. The van der Waals surface area contributed by atoms with Crippen molar-refractivity contribution in [3.8, 4) is 0 Å². The lowest BCUT2D eigenvalue weighted by atomic mass is 9.76. The highest BCUT2D eigenvalue weighted by Crippen LogP contribution is 2.46. The summed E-state index contributed by atoms with van der Waals surface area (Å²) in [6, 6.07) is 8.86. The number of aliphatic hydroxyl groups is 1. The van der Waals surface area contributed by atoms with Crippen LogP contribution in [0.25, 0.3) is 0 Å². The van der Waals surface area contributed by atoms with Crippen LogP contribution < -0.4 is 4.90 Å². The van der Waals surface area contributed by atoms with E-state index in [0.29, 0.717) is 6.04 Å². The highest BCUT2D eigenvalue weighted by Gasteiger charge is 2.45. The molecule has 1 aliphatic carbocycles. The number of benzene rings is 1. The van der Waals surface area contributed by atoms with Gasteiger partial charge in [-0.15, -0.1) is 0 Å². The molecule has 1 N–H and O–H groups in total. The first kappa shape index (κ1) is 16.7. The number of halogens is 1. The van der Waals surface area contributed by atoms with E-state index in [4.69, 9.17) is 11.6 Å². The van der Waals surface area contributed by atoms with Gasteiger partial charge in [-0.2, -0.15) is 0 Å². The normalized spacial score (nSPS) is 32.6. The average Bonchev–Trinajstić information content (AvgIpc) is 2.95. The summed E-state index contributed by atoms with van der Waals surface area (Å²) < 4.78 is 0. The molecule has 1 aromatic carbocycles. The Kier molecular flexibility index (Phi) is 4.77. The van der Waals surface area contributed by atoms with Gasteiger partial charge < -0.3 is 10.0 Å². The first-order chi connectivity index (χ1) is 11.7. The Labute approximate surface area is 150 Å². The van der Waals surface area contributed by atoms with Gasteiger partial charge in [0.2, 0.25) is 0 Å². The van der Waals surface area contributed by atoms with Crippen molar-refractivity contribution in [3.63, 3.8) is 0 Å². The van der Waals surface area contributed by atoms with Crippen molar-refractivity contribution in [2.45, 2.75) is 57.1 Å². The van der Waals surface area contributed by atoms with Crippen LogP contribution in [0.2, 0.25) is 5.02 Å². The summed E-state index contributed by atoms with van der Waals surface area (Å²) in [6.07, 6.45) is 8.27. The number of piperidine rings is 2. The van der Waals surface area contributed by atoms with Crippen LogP contribution >= 0.6 is 11.6 Å². The second-order valence-electron chi connectivity index (χ2n) is 8.01. The number of likely N-dealkylation sites (tertiary alicyclic amines) is 1. The smallest absolute Gasteiger partial charge is 0.0639 e. The van der Waals surface area contributed by atoms with Crippen molar-refractivity contribution in [2.24, 2.45) is 5.41 Å². The molecule has 132 valence electrons. The second-order valence-corrected chi connectivity index (χ2v) is 8.42. The Hall–Kier alpha value is -0.770. The van der Waals surface area contributed by atoms with Gasteiger partial charge >= 0.3 is 0 Å². The fourth-order valence-electron chi connectivity index (χ4n) is 5.28. The molecule has 3 aliphatic rings. The zero-order valence-electron chi connectivity index (χ0n) is 14.5. The summed E-state index contributed by atoms with van der Waals surface area (Å²) in [7, 11) is 0. The zero-order chi connectivity index (χ0) is 16.6. The minimum absolute atomic E-state index is 0.0662. The van der Waals surface area contributed by atoms with Crippen LogP contribution in [0, 0.1) is 5.41 Å². The summed E-state index contributed by atoms with van der Waals surface area (Å²) in [6.45, 7) is 4.50. The molecule has 3 fully saturated rings. The Morgan fingerprint density at radius 2 is 1.75 bits per heavy atom. The molecule has 4 rings (SSSR count). The lowest BCUT2D eigenvalue weighted by molar-refractivity contribution is -0.0262. The Morgan fingerprint density at radius 3 is 2.46 bits per heavy atom. The molecule has 0 amide bonds. The average molecular weight is 349 g/mol. The lowest BCUT2D eigenvalue weighted by Crippen LogP contribution is -2.53. The number of hydrogen-bond donors (Lipinski definition) is 1. The van der Waals surface area contributed by atoms with E-state index in [-0.39, 0.29) is 11.5 Å². The van der Waals surface area contributed by atoms with E-state index in [2.05, 4.69) is 21.9 Å². The Bertz CT molecular complexity index is 573. The van der Waals surface area contributed by atoms with Gasteiger partial charge in [-0.25, -0.2) is 0 Å². The van der Waals surface area contributed by atoms with Crippen LogP contribution in [0.1, 0.15) is 44.9 Å². The predicted molar refractivity (Wildman–Crippen MR) is 99.8 cm³/mol. The number of hydrogen-bond acceptors (Lipinski definition) is 3. The summed E-state index contributed by atoms with van der Waals surface area (Å²) >= 11 is 6.36. The monoisotopic (exact) mass is 348 g/mol. The molecule has 2 aliphatic heterocycles. The molecule has 2 atom stereocenters. The maximum atomic E-state index is 10.5. The van der Waals surface area contributed by atoms with Gasteiger partial charge in [-0.05, 0) is 57.2 Å². The minimum atomic E-state index is -0.0662. The van der Waals surface area contributed by atoms with Crippen LogP contribution in [-0.4, -0.2) is 48.3 Å². The maximum Gasteiger partial charge on any atom is 0.0639 e. The van der Waals surface area contributed by atoms with Gasteiger partial charge in [0, 0.05) is 31.1 Å². The molecule has 2 saturated heterocycles. The summed E-state index contributed by atoms with van der Waals surface area (Å²) in [5, 5.41) is 11.4. The van der Waals surface area contributed by atoms with Crippen molar-refractivity contribution < 1.29 is 5.11 Å². The van der Waals surface area contributed by atoms with Crippen molar-refractivity contribution in [2.75, 3.05) is 31.1 Å². The Morgan fingerprint density at radius 1 is 1.00 bits per heavy atom. The van der Waals surface area contributed by atoms with Crippen LogP contribution in [-0.2, 0) is 0 Å². The van der Waals surface area contributed by atoms with Gasteiger partial charge in [0.1, 0.15) is 0 Å². The van der Waals surface area contributed by atoms with Crippen LogP contribution in [0.4, 0.5) is 5.69 Å². The van der Waals surface area contributed by atoms with Crippen molar-refractivity contribution >= 4 is 17.3 Å². The van der Waals surface area contributed by atoms with Gasteiger partial charge in [-0.3, -0.25) is 4.90 Å². The molecular weight excluding hydrogens is 320 g/mol. The molecule has 24 heavy (non-hydrogen) atoms. The topological polar surface area (TPSA) is 26.7 Å². The predicted octanol–water partition coefficient (Wildman–Crippen LogP) is 3.94. The van der Waals surface area contributed by atoms with E-state index in [9.17, 15) is 5.11 Å². The molecule has 0 radical (unpaired) electrons. The summed E-state index contributed by atoms with van der Waals surface area (Å²) in [4.78, 5) is 5.13. The van der Waals surface area contributed by atoms with Gasteiger partial charge in [0.15, 0.2) is 0 Å². The van der Waals surface area contributed by atoms with Crippen molar-refractivity contribution in [1.82, 2.24) is 4.90 Å². The molecule has 4 heteroatoms. The third kappa shape index (κ3) is 3.07. The highest BCUT2D eigenvalue weighted by atomic mass is 35.5. The molecule has 0 bridgehead atoms. The first-order valence-electron chi connectivity index (χ1n) is 9.60. The molecule has 0 aromatic heterocycles. The summed E-state index contributed by atoms with van der Waals surface area (Å²) in [5.41, 5.74) is 1.39. The summed E-state index contributed by atoms with van der Waals surface area (Å²) in [5.74, 6) is 0. The standard InChI is InChI=1S/C20H29ClN2O/c21-17-5-1-2-6-18(17)22-13-8-16(9-14-22)23-12-4-11-20(15-23)10-3-7-19(20)24/h1-2,5-6,16,19,24H,3-4,7-15H2/t19-,20+/m1/s1. The van der Waals surface area contributed by atoms with E-state index < -0.39 is 0 Å². The molecule has 1 spiro atoms. The third-order valence-electron chi connectivity index (χ3n) is 6.67. The SMILES string of the molecule is O[C@@H]1CCC[C@@]12CCCN(C1CCN(c3ccccc3Cl)CC1)C2. The van der Waals surface area contributed by atoms with Gasteiger partial charge in [0.05, 0.1) is 16.8 Å². The number of nitrogens with zero attached hydrogens (tertiary/aromatic N) is 2. The molecule has 1 aromatic rings. The van der Waals surface area contributed by atoms with E-state index in [1.54, 1.807) is 0 Å². The first-order valence-corrected chi connectivity index (χ1v) is 9.97.